The zero-order valence-electron chi connectivity index (χ0n) is 10.9. The molecule has 1 N–H and O–H groups in total. The van der Waals surface area contributed by atoms with Gasteiger partial charge in [0.15, 0.2) is 11.5 Å². The van der Waals surface area contributed by atoms with Gasteiger partial charge in [-0.3, -0.25) is 0 Å². The summed E-state index contributed by atoms with van der Waals surface area (Å²) in [7, 11) is 3.58. The lowest BCUT2D eigenvalue weighted by Crippen LogP contribution is -2.08. The highest BCUT2D eigenvalue weighted by Gasteiger charge is 2.10. The van der Waals surface area contributed by atoms with E-state index in [-0.39, 0.29) is 0 Å². The average molecular weight is 342 g/mol. The van der Waals surface area contributed by atoms with Crippen LogP contribution in [0.2, 0.25) is 0 Å². The number of halogens is 1. The second-order valence-corrected chi connectivity index (χ2v) is 5.91. The Morgan fingerprint density at radius 3 is 2.84 bits per heavy atom. The van der Waals surface area contributed by atoms with Gasteiger partial charge >= 0.3 is 0 Å². The van der Waals surface area contributed by atoms with Gasteiger partial charge in [-0.2, -0.15) is 0 Å². The molecule has 102 valence electrons. The van der Waals surface area contributed by atoms with Gasteiger partial charge in [-0.25, -0.2) is 0 Å². The number of para-hydroxylation sites is 1. The minimum atomic E-state index is 0.549. The van der Waals surface area contributed by atoms with E-state index in [1.165, 1.54) is 4.88 Å². The Kier molecular flexibility index (Phi) is 5.24. The summed E-state index contributed by atoms with van der Waals surface area (Å²) in [4.78, 5) is 1.17. The predicted molar refractivity (Wildman–Crippen MR) is 82.1 cm³/mol. The fraction of sp³-hybridized carbons (Fsp3) is 0.286. The van der Waals surface area contributed by atoms with Crippen molar-refractivity contribution in [2.75, 3.05) is 14.2 Å². The summed E-state index contributed by atoms with van der Waals surface area (Å²) in [5.41, 5.74) is 1.09. The van der Waals surface area contributed by atoms with Crippen molar-refractivity contribution in [3.8, 4) is 11.5 Å². The lowest BCUT2D eigenvalue weighted by atomic mass is 10.2. The number of rotatable bonds is 6. The van der Waals surface area contributed by atoms with Crippen LogP contribution in [-0.4, -0.2) is 14.2 Å². The van der Waals surface area contributed by atoms with E-state index in [1.54, 1.807) is 18.4 Å². The van der Waals surface area contributed by atoms with E-state index in [0.29, 0.717) is 6.61 Å². The van der Waals surface area contributed by atoms with E-state index < -0.39 is 0 Å². The number of methoxy groups -OCH3 is 1. The van der Waals surface area contributed by atoms with Gasteiger partial charge < -0.3 is 14.8 Å². The van der Waals surface area contributed by atoms with Crippen molar-refractivity contribution in [2.45, 2.75) is 13.2 Å². The second-order valence-electron chi connectivity index (χ2n) is 4.00. The summed E-state index contributed by atoms with van der Waals surface area (Å²) < 4.78 is 12.4. The molecule has 19 heavy (non-hydrogen) atoms. The molecule has 0 radical (unpaired) electrons. The highest BCUT2D eigenvalue weighted by atomic mass is 79.9. The van der Waals surface area contributed by atoms with Crippen LogP contribution in [0, 0.1) is 0 Å². The molecule has 0 aliphatic heterocycles. The smallest absolute Gasteiger partial charge is 0.166 e. The molecule has 0 amide bonds. The maximum Gasteiger partial charge on any atom is 0.166 e. The van der Waals surface area contributed by atoms with Crippen LogP contribution in [0.4, 0.5) is 0 Å². The maximum absolute atomic E-state index is 5.94. The van der Waals surface area contributed by atoms with Crippen molar-refractivity contribution in [3.05, 3.63) is 44.6 Å². The fourth-order valence-corrected chi connectivity index (χ4v) is 3.15. The first-order chi connectivity index (χ1) is 9.24. The Hall–Kier alpha value is -1.04. The Labute approximate surface area is 125 Å². The van der Waals surface area contributed by atoms with E-state index in [1.807, 2.05) is 25.2 Å². The number of hydrogen-bond acceptors (Lipinski definition) is 4. The molecule has 1 aromatic carbocycles. The first-order valence-electron chi connectivity index (χ1n) is 5.90. The van der Waals surface area contributed by atoms with Crippen LogP contribution in [0.3, 0.4) is 0 Å². The molecular formula is C14H16BrNO2S. The van der Waals surface area contributed by atoms with Crippen molar-refractivity contribution in [1.82, 2.24) is 5.32 Å². The van der Waals surface area contributed by atoms with Crippen molar-refractivity contribution in [2.24, 2.45) is 0 Å². The van der Waals surface area contributed by atoms with Crippen molar-refractivity contribution in [1.29, 1.82) is 0 Å². The van der Waals surface area contributed by atoms with Crippen LogP contribution in [0.1, 0.15) is 10.4 Å². The zero-order valence-corrected chi connectivity index (χ0v) is 13.3. The molecule has 2 rings (SSSR count). The largest absolute Gasteiger partial charge is 0.493 e. The highest BCUT2D eigenvalue weighted by molar-refractivity contribution is 9.10. The quantitative estimate of drug-likeness (QED) is 0.866. The molecule has 0 bridgehead atoms. The number of ether oxygens (including phenoxy) is 2. The topological polar surface area (TPSA) is 30.5 Å². The summed E-state index contributed by atoms with van der Waals surface area (Å²) in [6, 6.07) is 8.00. The molecule has 5 heteroatoms. The lowest BCUT2D eigenvalue weighted by Gasteiger charge is -2.14. The number of thiophene rings is 1. The van der Waals surface area contributed by atoms with Crippen molar-refractivity contribution >= 4 is 27.3 Å². The molecule has 0 saturated carbocycles. The number of benzene rings is 1. The predicted octanol–water partition coefficient (Wildman–Crippen LogP) is 3.82. The molecule has 0 unspecified atom stereocenters. The van der Waals surface area contributed by atoms with Crippen molar-refractivity contribution in [3.63, 3.8) is 0 Å². The van der Waals surface area contributed by atoms with Gasteiger partial charge in [0.05, 0.1) is 7.11 Å². The third-order valence-corrected chi connectivity index (χ3v) is 4.30. The second kappa shape index (κ2) is 6.93. The summed E-state index contributed by atoms with van der Waals surface area (Å²) in [6.07, 6.45) is 0. The van der Waals surface area contributed by atoms with E-state index >= 15 is 0 Å². The van der Waals surface area contributed by atoms with Crippen molar-refractivity contribution < 1.29 is 9.47 Å². The number of nitrogens with one attached hydrogen (secondary N) is 1. The Bertz CT molecular complexity index is 542. The monoisotopic (exact) mass is 341 g/mol. The minimum Gasteiger partial charge on any atom is -0.493 e. The molecule has 0 aliphatic carbocycles. The van der Waals surface area contributed by atoms with Gasteiger partial charge in [-0.1, -0.05) is 12.1 Å². The first kappa shape index (κ1) is 14.4. The summed E-state index contributed by atoms with van der Waals surface area (Å²) in [5, 5.41) is 5.19. The van der Waals surface area contributed by atoms with Gasteiger partial charge in [-0.05, 0) is 35.1 Å². The molecule has 2 aromatic rings. The van der Waals surface area contributed by atoms with E-state index in [9.17, 15) is 0 Å². The summed E-state index contributed by atoms with van der Waals surface area (Å²) in [5.74, 6) is 1.58. The van der Waals surface area contributed by atoms with Gasteiger partial charge in [-0.15, -0.1) is 11.3 Å². The SMILES string of the molecule is CNCc1cccc(OC)c1OCc1cc(Br)cs1. The van der Waals surface area contributed by atoms with Crippen LogP contribution >= 0.6 is 27.3 Å². The summed E-state index contributed by atoms with van der Waals surface area (Å²) >= 11 is 5.12. The average Bonchev–Trinajstić information content (AvgIpc) is 2.83. The van der Waals surface area contributed by atoms with Gasteiger partial charge in [0.25, 0.3) is 0 Å². The van der Waals surface area contributed by atoms with E-state index in [4.69, 9.17) is 9.47 Å². The lowest BCUT2D eigenvalue weighted by molar-refractivity contribution is 0.283. The Morgan fingerprint density at radius 2 is 2.21 bits per heavy atom. The molecule has 1 aromatic heterocycles. The maximum atomic E-state index is 5.94. The molecule has 3 nitrogen and oxygen atoms in total. The van der Waals surface area contributed by atoms with Gasteiger partial charge in [0, 0.05) is 26.8 Å². The van der Waals surface area contributed by atoms with Crippen LogP contribution in [-0.2, 0) is 13.2 Å². The third-order valence-electron chi connectivity index (χ3n) is 2.63. The molecule has 0 aliphatic rings. The summed E-state index contributed by atoms with van der Waals surface area (Å²) in [6.45, 7) is 1.30. The third kappa shape index (κ3) is 3.72. The Morgan fingerprint density at radius 1 is 1.37 bits per heavy atom. The first-order valence-corrected chi connectivity index (χ1v) is 7.58. The van der Waals surface area contributed by atoms with Crippen LogP contribution in [0.25, 0.3) is 0 Å². The molecule has 0 atom stereocenters. The molecular weight excluding hydrogens is 326 g/mol. The standard InChI is InChI=1S/C14H16BrNO2S/c1-16-7-10-4-3-5-13(17-2)14(10)18-8-12-6-11(15)9-19-12/h3-6,9,16H,7-8H2,1-2H3. The fourth-order valence-electron chi connectivity index (χ4n) is 1.79. The highest BCUT2D eigenvalue weighted by Crippen LogP contribution is 2.32. The van der Waals surface area contributed by atoms with E-state index in [2.05, 4.69) is 32.7 Å². The zero-order chi connectivity index (χ0) is 13.7. The van der Waals surface area contributed by atoms with Crippen LogP contribution in [0.15, 0.2) is 34.1 Å². The molecule has 0 saturated heterocycles. The molecule has 0 spiro atoms. The van der Waals surface area contributed by atoms with E-state index in [0.717, 1.165) is 28.1 Å². The van der Waals surface area contributed by atoms with Gasteiger partial charge in [0.1, 0.15) is 6.61 Å². The molecule has 0 fully saturated rings. The Balaban J connectivity index is 2.17. The van der Waals surface area contributed by atoms with Crippen LogP contribution in [0.5, 0.6) is 11.5 Å². The van der Waals surface area contributed by atoms with Gasteiger partial charge in [0.2, 0.25) is 0 Å². The van der Waals surface area contributed by atoms with Crippen LogP contribution < -0.4 is 14.8 Å². The molecule has 1 heterocycles. The number of hydrogen-bond donors (Lipinski definition) is 1. The minimum absolute atomic E-state index is 0.549. The normalized spacial score (nSPS) is 10.5.